The second-order valence-electron chi connectivity index (χ2n) is 7.10. The minimum Gasteiger partial charge on any atom is -0.356 e. The van der Waals surface area contributed by atoms with Gasteiger partial charge in [0.25, 0.3) is 0 Å². The van der Waals surface area contributed by atoms with Gasteiger partial charge in [0.15, 0.2) is 0 Å². The third-order valence-electron chi connectivity index (χ3n) is 5.82. The van der Waals surface area contributed by atoms with Gasteiger partial charge >= 0.3 is 0 Å². The molecule has 0 radical (unpaired) electrons. The second kappa shape index (κ2) is 4.96. The minimum atomic E-state index is 0.648. The Morgan fingerprint density at radius 3 is 2.67 bits per heavy atom. The monoisotopic (exact) mass is 338 g/mol. The minimum absolute atomic E-state index is 0.648. The maximum absolute atomic E-state index is 6.46. The van der Waals surface area contributed by atoms with Gasteiger partial charge in [-0.2, -0.15) is 0 Å². The van der Waals surface area contributed by atoms with Crippen LogP contribution in [0, 0.1) is 17.8 Å². The van der Waals surface area contributed by atoms with Crippen molar-refractivity contribution in [1.29, 1.82) is 0 Å². The van der Waals surface area contributed by atoms with Gasteiger partial charge in [-0.15, -0.1) is 0 Å². The third-order valence-corrected chi connectivity index (χ3v) is 6.12. The van der Waals surface area contributed by atoms with Gasteiger partial charge in [-0.3, -0.25) is 0 Å². The van der Waals surface area contributed by atoms with Crippen LogP contribution in [0.2, 0.25) is 5.02 Å². The molecular weight excluding hydrogens is 320 g/mol. The Morgan fingerprint density at radius 2 is 1.92 bits per heavy atom. The molecule has 1 aromatic carbocycles. The van der Waals surface area contributed by atoms with E-state index in [1.807, 2.05) is 25.2 Å². The Balaban J connectivity index is 1.57. The van der Waals surface area contributed by atoms with E-state index >= 15 is 0 Å². The van der Waals surface area contributed by atoms with Gasteiger partial charge in [-0.1, -0.05) is 30.7 Å². The van der Waals surface area contributed by atoms with E-state index in [2.05, 4.69) is 33.5 Å². The molecule has 122 valence electrons. The molecule has 2 aromatic heterocycles. The van der Waals surface area contributed by atoms with Crippen molar-refractivity contribution in [2.45, 2.75) is 6.92 Å². The molecule has 5 rings (SSSR count). The fourth-order valence-corrected chi connectivity index (χ4v) is 4.36. The zero-order valence-corrected chi connectivity index (χ0v) is 14.5. The number of benzene rings is 1. The van der Waals surface area contributed by atoms with Gasteiger partial charge in [0.05, 0.1) is 16.1 Å². The molecule has 24 heavy (non-hydrogen) atoms. The number of aryl methyl sites for hydroxylation is 1. The number of para-hydroxylation sites is 2. The summed E-state index contributed by atoms with van der Waals surface area (Å²) in [4.78, 5) is 11.7. The van der Waals surface area contributed by atoms with Gasteiger partial charge < -0.3 is 9.47 Å². The van der Waals surface area contributed by atoms with E-state index in [0.717, 1.165) is 59.1 Å². The lowest BCUT2D eigenvalue weighted by atomic mass is 10.2. The molecule has 1 aliphatic heterocycles. The molecular formula is C19H19ClN4. The van der Waals surface area contributed by atoms with Crippen molar-refractivity contribution in [3.63, 3.8) is 0 Å². The lowest BCUT2D eigenvalue weighted by Gasteiger charge is -2.21. The van der Waals surface area contributed by atoms with Gasteiger partial charge in [0, 0.05) is 31.9 Å². The maximum Gasteiger partial charge on any atom is 0.142 e. The molecule has 2 aliphatic rings. The Labute approximate surface area is 146 Å². The highest BCUT2D eigenvalue weighted by Crippen LogP contribution is 2.52. The summed E-state index contributed by atoms with van der Waals surface area (Å²) in [5, 5.41) is 0.648. The van der Waals surface area contributed by atoms with E-state index in [1.165, 1.54) is 0 Å². The van der Waals surface area contributed by atoms with Crippen LogP contribution in [0.15, 0.2) is 36.5 Å². The van der Waals surface area contributed by atoms with E-state index in [-0.39, 0.29) is 0 Å². The van der Waals surface area contributed by atoms with Crippen LogP contribution in [0.1, 0.15) is 6.92 Å². The summed E-state index contributed by atoms with van der Waals surface area (Å²) >= 11 is 6.46. The first-order valence-corrected chi connectivity index (χ1v) is 8.83. The molecule has 3 atom stereocenters. The molecule has 0 spiro atoms. The molecule has 3 aromatic rings. The second-order valence-corrected chi connectivity index (χ2v) is 7.50. The molecule has 1 unspecified atom stereocenters. The predicted octanol–water partition coefficient (Wildman–Crippen LogP) is 3.99. The van der Waals surface area contributed by atoms with Crippen LogP contribution in [-0.4, -0.2) is 27.6 Å². The smallest absolute Gasteiger partial charge is 0.142 e. The number of hydrogen-bond acceptors (Lipinski definition) is 3. The topological polar surface area (TPSA) is 34.0 Å². The van der Waals surface area contributed by atoms with E-state index < -0.39 is 0 Å². The normalized spacial score (nSPS) is 25.3. The maximum atomic E-state index is 6.46. The fourth-order valence-electron chi connectivity index (χ4n) is 4.17. The Kier molecular flexibility index (Phi) is 2.95. The van der Waals surface area contributed by atoms with E-state index in [0.29, 0.717) is 5.02 Å². The van der Waals surface area contributed by atoms with Gasteiger partial charge in [0.2, 0.25) is 0 Å². The third kappa shape index (κ3) is 1.99. The van der Waals surface area contributed by atoms with Crippen LogP contribution in [0.25, 0.3) is 22.4 Å². The fraction of sp³-hybridized carbons (Fsp3) is 0.368. The van der Waals surface area contributed by atoms with E-state index in [1.54, 1.807) is 6.20 Å². The number of anilines is 1. The first-order valence-electron chi connectivity index (χ1n) is 8.46. The van der Waals surface area contributed by atoms with Crippen LogP contribution in [0.4, 0.5) is 5.82 Å². The van der Waals surface area contributed by atoms with Crippen molar-refractivity contribution in [3.05, 3.63) is 41.6 Å². The van der Waals surface area contributed by atoms with Gasteiger partial charge in [-0.25, -0.2) is 9.97 Å². The summed E-state index contributed by atoms with van der Waals surface area (Å²) in [7, 11) is 2.04. The van der Waals surface area contributed by atoms with Crippen molar-refractivity contribution in [2.24, 2.45) is 24.8 Å². The van der Waals surface area contributed by atoms with E-state index in [4.69, 9.17) is 16.6 Å². The number of nitrogens with zero attached hydrogens (tertiary/aromatic N) is 4. The number of rotatable bonds is 2. The van der Waals surface area contributed by atoms with Crippen molar-refractivity contribution in [1.82, 2.24) is 14.5 Å². The Bertz CT molecular complexity index is 936. The van der Waals surface area contributed by atoms with Crippen molar-refractivity contribution in [2.75, 3.05) is 18.0 Å². The van der Waals surface area contributed by atoms with Crippen molar-refractivity contribution in [3.8, 4) is 11.4 Å². The lowest BCUT2D eigenvalue weighted by molar-refractivity contribution is 0.684. The van der Waals surface area contributed by atoms with Crippen LogP contribution < -0.4 is 4.90 Å². The van der Waals surface area contributed by atoms with Crippen LogP contribution >= 0.6 is 11.6 Å². The van der Waals surface area contributed by atoms with Crippen molar-refractivity contribution >= 4 is 28.5 Å². The zero-order valence-electron chi connectivity index (χ0n) is 13.8. The Morgan fingerprint density at radius 1 is 1.17 bits per heavy atom. The Hall–Kier alpha value is -2.07. The molecule has 0 N–H and O–H groups in total. The number of fused-ring (bicyclic) bond motifs is 2. The molecule has 4 nitrogen and oxygen atoms in total. The molecule has 1 aliphatic carbocycles. The highest BCUT2D eigenvalue weighted by molar-refractivity contribution is 6.33. The standard InChI is InChI=1S/C19H19ClN4/c1-11-13-9-24(10-14(11)13)18-7-12(15(20)8-21-18)19-22-16-5-3-4-6-17(16)23(19)2/h3-8,11,13-14H,9-10H2,1-2H3/t11-,13-,14?/m1/s1. The van der Waals surface area contributed by atoms with Crippen LogP contribution in [0.3, 0.4) is 0 Å². The largest absolute Gasteiger partial charge is 0.356 e. The molecule has 5 heteroatoms. The number of pyridine rings is 1. The quantitative estimate of drug-likeness (QED) is 0.708. The summed E-state index contributed by atoms with van der Waals surface area (Å²) in [5.74, 6) is 4.49. The molecule has 0 amide bonds. The summed E-state index contributed by atoms with van der Waals surface area (Å²) in [6, 6.07) is 10.3. The SMILES string of the molecule is C[C@H]1C2CN(c3cc(-c4nc5ccccc5n4C)c(Cl)cn3)C[C@@H]21. The number of hydrogen-bond donors (Lipinski definition) is 0. The highest BCUT2D eigenvalue weighted by atomic mass is 35.5. The first kappa shape index (κ1) is 14.3. The molecule has 1 saturated heterocycles. The lowest BCUT2D eigenvalue weighted by Crippen LogP contribution is -2.24. The van der Waals surface area contributed by atoms with E-state index in [9.17, 15) is 0 Å². The molecule has 3 heterocycles. The van der Waals surface area contributed by atoms with Gasteiger partial charge in [0.1, 0.15) is 11.6 Å². The number of piperidine rings is 1. The van der Waals surface area contributed by atoms with Crippen molar-refractivity contribution < 1.29 is 0 Å². The summed E-state index contributed by atoms with van der Waals surface area (Å²) in [5.41, 5.74) is 3.05. The first-order chi connectivity index (χ1) is 11.6. The average molecular weight is 339 g/mol. The van der Waals surface area contributed by atoms with Crippen LogP contribution in [0.5, 0.6) is 0 Å². The summed E-state index contributed by atoms with van der Waals surface area (Å²) in [6.07, 6.45) is 1.76. The number of aromatic nitrogens is 3. The van der Waals surface area contributed by atoms with Gasteiger partial charge in [-0.05, 0) is 36.0 Å². The zero-order chi connectivity index (χ0) is 16.4. The number of imidazole rings is 1. The summed E-state index contributed by atoms with van der Waals surface area (Å²) in [6.45, 7) is 4.58. The molecule has 1 saturated carbocycles. The molecule has 2 fully saturated rings. The van der Waals surface area contributed by atoms with Crippen LogP contribution in [-0.2, 0) is 7.05 Å². The highest BCUT2D eigenvalue weighted by Gasteiger charge is 2.52. The average Bonchev–Trinajstić information content (AvgIpc) is 2.95. The number of halogens is 1. The molecule has 0 bridgehead atoms. The summed E-state index contributed by atoms with van der Waals surface area (Å²) < 4.78 is 2.10. The predicted molar refractivity (Wildman–Crippen MR) is 97.3 cm³/mol.